The van der Waals surface area contributed by atoms with Crippen LogP contribution in [0.15, 0.2) is 54.6 Å². The predicted molar refractivity (Wildman–Crippen MR) is 83.5 cm³/mol. The van der Waals surface area contributed by atoms with Gasteiger partial charge in [0.25, 0.3) is 0 Å². The molecule has 2 aromatic rings. The number of nitrogens with zero attached hydrogens (tertiary/aromatic N) is 1. The molecule has 3 heteroatoms. The van der Waals surface area contributed by atoms with Crippen LogP contribution in [0.4, 0.5) is 11.4 Å². The van der Waals surface area contributed by atoms with E-state index in [1.54, 1.807) is 11.8 Å². The highest BCUT2D eigenvalue weighted by molar-refractivity contribution is 5.93. The number of carbonyl (C=O) groups is 1. The minimum absolute atomic E-state index is 0.0121. The molecule has 0 fully saturated rings. The molecule has 3 nitrogen and oxygen atoms in total. The quantitative estimate of drug-likeness (QED) is 0.865. The molecular weight excluding hydrogens is 248 g/mol. The third-order valence-corrected chi connectivity index (χ3v) is 3.51. The number of hydrogen-bond donors (Lipinski definition) is 1. The molecule has 0 atom stereocenters. The lowest BCUT2D eigenvalue weighted by molar-refractivity contribution is -0.117. The van der Waals surface area contributed by atoms with Gasteiger partial charge in [0.15, 0.2) is 0 Å². The van der Waals surface area contributed by atoms with E-state index in [1.165, 1.54) is 0 Å². The maximum Gasteiger partial charge on any atom is 0.224 e. The summed E-state index contributed by atoms with van der Waals surface area (Å²) in [6, 6.07) is 17.4. The molecule has 0 aliphatic rings. The van der Waals surface area contributed by atoms with Crippen molar-refractivity contribution in [3.8, 4) is 0 Å². The zero-order valence-corrected chi connectivity index (χ0v) is 12.1. The first-order valence-corrected chi connectivity index (χ1v) is 6.65. The summed E-state index contributed by atoms with van der Waals surface area (Å²) in [5.41, 5.74) is 7.95. The van der Waals surface area contributed by atoms with Crippen molar-refractivity contribution in [2.45, 2.75) is 26.3 Å². The van der Waals surface area contributed by atoms with Gasteiger partial charge in [0.2, 0.25) is 5.91 Å². The minimum Gasteiger partial charge on any atom is -0.399 e. The Morgan fingerprint density at radius 2 is 1.55 bits per heavy atom. The number of para-hydroxylation sites is 1. The Morgan fingerprint density at radius 1 is 1.00 bits per heavy atom. The van der Waals surface area contributed by atoms with Crippen molar-refractivity contribution in [3.05, 3.63) is 60.2 Å². The molecule has 20 heavy (non-hydrogen) atoms. The van der Waals surface area contributed by atoms with Gasteiger partial charge in [-0.25, -0.2) is 0 Å². The average Bonchev–Trinajstić information content (AvgIpc) is 2.39. The second-order valence-corrected chi connectivity index (χ2v) is 5.37. The molecule has 0 heterocycles. The van der Waals surface area contributed by atoms with E-state index < -0.39 is 5.54 Å². The Balaban J connectivity index is 2.48. The second kappa shape index (κ2) is 5.37. The number of anilines is 2. The highest BCUT2D eigenvalue weighted by atomic mass is 16.2. The monoisotopic (exact) mass is 268 g/mol. The number of hydrogen-bond acceptors (Lipinski definition) is 2. The summed E-state index contributed by atoms with van der Waals surface area (Å²) < 4.78 is 0. The number of amides is 1. The van der Waals surface area contributed by atoms with Gasteiger partial charge in [0.05, 0.1) is 5.54 Å². The van der Waals surface area contributed by atoms with Gasteiger partial charge in [0, 0.05) is 18.3 Å². The molecule has 0 spiro atoms. The number of nitrogen functional groups attached to an aromatic ring is 1. The Morgan fingerprint density at radius 3 is 2.05 bits per heavy atom. The fraction of sp³-hybridized carbons (Fsp3) is 0.235. The average molecular weight is 268 g/mol. The molecule has 0 saturated heterocycles. The zero-order valence-electron chi connectivity index (χ0n) is 12.1. The summed E-state index contributed by atoms with van der Waals surface area (Å²) in [5.74, 6) is 0.0121. The SMILES string of the molecule is CC(=O)N(c1ccccc1)C(C)(C)c1ccc(N)cc1. The van der Waals surface area contributed by atoms with E-state index in [-0.39, 0.29) is 5.91 Å². The number of carbonyl (C=O) groups excluding carboxylic acids is 1. The Labute approximate surface area is 120 Å². The highest BCUT2D eigenvalue weighted by Gasteiger charge is 2.31. The third kappa shape index (κ3) is 2.67. The molecule has 2 N–H and O–H groups in total. The van der Waals surface area contributed by atoms with E-state index in [2.05, 4.69) is 0 Å². The first-order valence-electron chi connectivity index (χ1n) is 6.65. The summed E-state index contributed by atoms with van der Waals surface area (Å²) in [6.45, 7) is 5.66. The van der Waals surface area contributed by atoms with Crippen LogP contribution in [0.3, 0.4) is 0 Å². The molecule has 0 aromatic heterocycles. The van der Waals surface area contributed by atoms with Crippen molar-refractivity contribution in [3.63, 3.8) is 0 Å². The normalized spacial score (nSPS) is 11.2. The second-order valence-electron chi connectivity index (χ2n) is 5.37. The maximum atomic E-state index is 12.1. The van der Waals surface area contributed by atoms with Crippen LogP contribution in [0.1, 0.15) is 26.3 Å². The number of benzene rings is 2. The molecule has 0 radical (unpaired) electrons. The van der Waals surface area contributed by atoms with Gasteiger partial charge in [-0.1, -0.05) is 30.3 Å². The molecule has 0 unspecified atom stereocenters. The van der Waals surface area contributed by atoms with E-state index in [1.807, 2.05) is 68.4 Å². The van der Waals surface area contributed by atoms with Gasteiger partial charge in [-0.05, 0) is 43.7 Å². The van der Waals surface area contributed by atoms with Gasteiger partial charge in [-0.3, -0.25) is 4.79 Å². The van der Waals surface area contributed by atoms with E-state index in [0.29, 0.717) is 0 Å². The van der Waals surface area contributed by atoms with Gasteiger partial charge >= 0.3 is 0 Å². The fourth-order valence-corrected chi connectivity index (χ4v) is 2.50. The van der Waals surface area contributed by atoms with Gasteiger partial charge in [-0.15, -0.1) is 0 Å². The Bertz CT molecular complexity index is 588. The fourth-order valence-electron chi connectivity index (χ4n) is 2.50. The predicted octanol–water partition coefficient (Wildman–Crippen LogP) is 3.56. The topological polar surface area (TPSA) is 46.3 Å². The van der Waals surface area contributed by atoms with Crippen LogP contribution < -0.4 is 10.6 Å². The van der Waals surface area contributed by atoms with Crippen LogP contribution in [0, 0.1) is 0 Å². The summed E-state index contributed by atoms with van der Waals surface area (Å²) in [5, 5.41) is 0. The van der Waals surface area contributed by atoms with Crippen LogP contribution in [0.2, 0.25) is 0 Å². The van der Waals surface area contributed by atoms with Crippen molar-refractivity contribution in [1.29, 1.82) is 0 Å². The molecular formula is C17H20N2O. The van der Waals surface area contributed by atoms with Crippen LogP contribution in [-0.4, -0.2) is 5.91 Å². The molecule has 0 bridgehead atoms. The van der Waals surface area contributed by atoms with Gasteiger partial charge in [0.1, 0.15) is 0 Å². The molecule has 104 valence electrons. The summed E-state index contributed by atoms with van der Waals surface area (Å²) in [6.07, 6.45) is 0. The summed E-state index contributed by atoms with van der Waals surface area (Å²) >= 11 is 0. The largest absolute Gasteiger partial charge is 0.399 e. The highest BCUT2D eigenvalue weighted by Crippen LogP contribution is 2.33. The van der Waals surface area contributed by atoms with Crippen molar-refractivity contribution < 1.29 is 4.79 Å². The van der Waals surface area contributed by atoms with Crippen molar-refractivity contribution in [2.24, 2.45) is 0 Å². The minimum atomic E-state index is -0.444. The van der Waals surface area contributed by atoms with Gasteiger partial charge < -0.3 is 10.6 Å². The van der Waals surface area contributed by atoms with E-state index in [4.69, 9.17) is 5.73 Å². The summed E-state index contributed by atoms with van der Waals surface area (Å²) in [7, 11) is 0. The first-order chi connectivity index (χ1) is 9.43. The molecule has 1 amide bonds. The molecule has 0 aliphatic carbocycles. The third-order valence-electron chi connectivity index (χ3n) is 3.51. The lowest BCUT2D eigenvalue weighted by atomic mass is 9.91. The van der Waals surface area contributed by atoms with Gasteiger partial charge in [-0.2, -0.15) is 0 Å². The van der Waals surface area contributed by atoms with Crippen molar-refractivity contribution in [2.75, 3.05) is 10.6 Å². The molecule has 0 aliphatic heterocycles. The molecule has 0 saturated carbocycles. The number of rotatable bonds is 3. The Kier molecular flexibility index (Phi) is 3.79. The zero-order chi connectivity index (χ0) is 14.8. The van der Waals surface area contributed by atoms with Crippen LogP contribution in [0.5, 0.6) is 0 Å². The van der Waals surface area contributed by atoms with Crippen molar-refractivity contribution >= 4 is 17.3 Å². The van der Waals surface area contributed by atoms with E-state index in [0.717, 1.165) is 16.9 Å². The van der Waals surface area contributed by atoms with Crippen LogP contribution in [0.25, 0.3) is 0 Å². The van der Waals surface area contributed by atoms with E-state index in [9.17, 15) is 4.79 Å². The van der Waals surface area contributed by atoms with Crippen molar-refractivity contribution in [1.82, 2.24) is 0 Å². The molecule has 2 rings (SSSR count). The van der Waals surface area contributed by atoms with Crippen LogP contribution >= 0.6 is 0 Å². The summed E-state index contributed by atoms with van der Waals surface area (Å²) in [4.78, 5) is 13.9. The lowest BCUT2D eigenvalue weighted by Crippen LogP contribution is -2.44. The maximum absolute atomic E-state index is 12.1. The Hall–Kier alpha value is -2.29. The standard InChI is InChI=1S/C17H20N2O/c1-13(20)19(16-7-5-4-6-8-16)17(2,3)14-9-11-15(18)12-10-14/h4-12H,18H2,1-3H3. The van der Waals surface area contributed by atoms with Crippen LogP contribution in [-0.2, 0) is 10.3 Å². The van der Waals surface area contributed by atoms with E-state index >= 15 is 0 Å². The molecule has 2 aromatic carbocycles. The smallest absolute Gasteiger partial charge is 0.224 e. The first kappa shape index (κ1) is 14.1. The lowest BCUT2D eigenvalue weighted by Gasteiger charge is -2.38. The number of nitrogens with two attached hydrogens (primary N) is 1.